The first kappa shape index (κ1) is 9.87. The molecule has 4 N–H and O–H groups in total. The van der Waals surface area contributed by atoms with E-state index in [0.29, 0.717) is 13.1 Å². The zero-order valence-corrected chi connectivity index (χ0v) is 7.58. The van der Waals surface area contributed by atoms with Crippen LogP contribution in [0.15, 0.2) is 0 Å². The molecule has 0 aromatic carbocycles. The summed E-state index contributed by atoms with van der Waals surface area (Å²) in [5.74, 6) is 0. The summed E-state index contributed by atoms with van der Waals surface area (Å²) in [4.78, 5) is 0. The Balaban J connectivity index is 2.70. The number of hydrogen-bond acceptors (Lipinski definition) is 4. The monoisotopic (exact) mass is 195 g/mol. The van der Waals surface area contributed by atoms with Crippen molar-refractivity contribution in [3.05, 3.63) is 0 Å². The van der Waals surface area contributed by atoms with Crippen LogP contribution in [0.4, 0.5) is 0 Å². The van der Waals surface area contributed by atoms with Crippen molar-refractivity contribution in [1.29, 1.82) is 0 Å². The molecule has 0 spiro atoms. The van der Waals surface area contributed by atoms with Gasteiger partial charge in [0.05, 0.1) is 12.1 Å². The highest BCUT2D eigenvalue weighted by molar-refractivity contribution is 7.86. The van der Waals surface area contributed by atoms with Crippen LogP contribution in [0.1, 0.15) is 0 Å². The molecule has 0 saturated carbocycles. The van der Waals surface area contributed by atoms with E-state index >= 15 is 0 Å². The van der Waals surface area contributed by atoms with Crippen LogP contribution in [0.2, 0.25) is 0 Å². The summed E-state index contributed by atoms with van der Waals surface area (Å²) in [6.45, 7) is 0.846. The maximum atomic E-state index is 10.8. The molecule has 1 heterocycles. The summed E-state index contributed by atoms with van der Waals surface area (Å²) >= 11 is 0. The van der Waals surface area contributed by atoms with Crippen molar-refractivity contribution < 1.29 is 13.5 Å². The minimum atomic E-state index is -3.69. The van der Waals surface area contributed by atoms with Crippen LogP contribution in [0.5, 0.6) is 0 Å². The molecule has 1 rings (SSSR count). The van der Waals surface area contributed by atoms with Crippen molar-refractivity contribution in [3.8, 4) is 0 Å². The lowest BCUT2D eigenvalue weighted by Crippen LogP contribution is -2.47. The van der Waals surface area contributed by atoms with Gasteiger partial charge in [0, 0.05) is 20.1 Å². The Morgan fingerprint density at radius 3 is 2.50 bits per heavy atom. The van der Waals surface area contributed by atoms with E-state index in [4.69, 9.17) is 5.14 Å². The van der Waals surface area contributed by atoms with Gasteiger partial charge in [0.1, 0.15) is 0 Å². The molecule has 0 aliphatic carbocycles. The molecule has 0 radical (unpaired) electrons. The van der Waals surface area contributed by atoms with Crippen LogP contribution in [-0.4, -0.2) is 50.1 Å². The molecule has 1 aliphatic heterocycles. The molecule has 2 atom stereocenters. The lowest BCUT2D eigenvalue weighted by molar-refractivity contribution is 0.136. The Hall–Kier alpha value is -0.210. The van der Waals surface area contributed by atoms with Crippen molar-refractivity contribution in [3.63, 3.8) is 0 Å². The largest absolute Gasteiger partial charge is 0.390 e. The summed E-state index contributed by atoms with van der Waals surface area (Å²) in [6.07, 6.45) is -0.673. The van der Waals surface area contributed by atoms with Gasteiger partial charge < -0.3 is 10.4 Å². The molecule has 6 nitrogen and oxygen atoms in total. The van der Waals surface area contributed by atoms with Crippen LogP contribution in [0.25, 0.3) is 0 Å². The highest BCUT2D eigenvalue weighted by atomic mass is 32.2. The zero-order valence-electron chi connectivity index (χ0n) is 6.77. The molecular weight excluding hydrogens is 182 g/mol. The summed E-state index contributed by atoms with van der Waals surface area (Å²) in [5.41, 5.74) is 0. The third-order valence-corrected chi connectivity index (χ3v) is 3.09. The standard InChI is InChI=1S/C5H13N3O3S/c1-8(12(6,10)11)4-2-7-3-5(4)9/h4-5,7,9H,2-3H2,1H3,(H2,6,10,11)/t4-,5-/m0/s1. The molecule has 0 aromatic rings. The number of rotatable bonds is 2. The van der Waals surface area contributed by atoms with Crippen LogP contribution < -0.4 is 10.5 Å². The molecule has 0 unspecified atom stereocenters. The van der Waals surface area contributed by atoms with E-state index in [0.717, 1.165) is 4.31 Å². The highest BCUT2D eigenvalue weighted by Crippen LogP contribution is 2.08. The molecule has 1 fully saturated rings. The van der Waals surface area contributed by atoms with Gasteiger partial charge in [0.25, 0.3) is 10.2 Å². The molecule has 12 heavy (non-hydrogen) atoms. The topological polar surface area (TPSA) is 95.7 Å². The lowest BCUT2D eigenvalue weighted by atomic mass is 10.2. The Kier molecular flexibility index (Phi) is 2.69. The van der Waals surface area contributed by atoms with E-state index in [2.05, 4.69) is 5.32 Å². The number of β-amino-alcohol motifs (C(OH)–C–C–N with tert-alkyl or cyclic N) is 1. The zero-order chi connectivity index (χ0) is 9.35. The summed E-state index contributed by atoms with van der Waals surface area (Å²) in [6, 6.07) is -0.444. The summed E-state index contributed by atoms with van der Waals surface area (Å²) in [7, 11) is -2.33. The Morgan fingerprint density at radius 2 is 2.17 bits per heavy atom. The van der Waals surface area contributed by atoms with Crippen LogP contribution in [0, 0.1) is 0 Å². The van der Waals surface area contributed by atoms with Gasteiger partial charge in [-0.2, -0.15) is 12.7 Å². The van der Waals surface area contributed by atoms with Gasteiger partial charge in [-0.15, -0.1) is 0 Å². The van der Waals surface area contributed by atoms with Crippen molar-refractivity contribution in [2.45, 2.75) is 12.1 Å². The number of likely N-dealkylation sites (N-methyl/N-ethyl adjacent to an activating group) is 1. The minimum Gasteiger partial charge on any atom is -0.390 e. The van der Waals surface area contributed by atoms with E-state index in [1.54, 1.807) is 0 Å². The van der Waals surface area contributed by atoms with Gasteiger partial charge in [-0.25, -0.2) is 5.14 Å². The second kappa shape index (κ2) is 3.27. The van der Waals surface area contributed by atoms with Crippen molar-refractivity contribution in [2.24, 2.45) is 5.14 Å². The van der Waals surface area contributed by atoms with Gasteiger partial charge in [0.15, 0.2) is 0 Å². The minimum absolute atomic E-state index is 0.407. The fraction of sp³-hybridized carbons (Fsp3) is 1.00. The van der Waals surface area contributed by atoms with Crippen molar-refractivity contribution in [1.82, 2.24) is 9.62 Å². The molecule has 0 bridgehead atoms. The lowest BCUT2D eigenvalue weighted by Gasteiger charge is -2.22. The Bertz CT molecular complexity index is 253. The fourth-order valence-corrected chi connectivity index (χ4v) is 1.80. The number of aliphatic hydroxyl groups is 1. The van der Waals surface area contributed by atoms with Gasteiger partial charge >= 0.3 is 0 Å². The first-order valence-electron chi connectivity index (χ1n) is 3.57. The summed E-state index contributed by atoms with van der Waals surface area (Å²) < 4.78 is 22.6. The van der Waals surface area contributed by atoms with Gasteiger partial charge in [-0.05, 0) is 0 Å². The van der Waals surface area contributed by atoms with E-state index in [1.165, 1.54) is 7.05 Å². The first-order valence-corrected chi connectivity index (χ1v) is 5.08. The quantitative estimate of drug-likeness (QED) is 0.452. The smallest absolute Gasteiger partial charge is 0.277 e. The second-order valence-electron chi connectivity index (χ2n) is 2.85. The van der Waals surface area contributed by atoms with Crippen LogP contribution in [0.3, 0.4) is 0 Å². The Morgan fingerprint density at radius 1 is 1.58 bits per heavy atom. The summed E-state index contributed by atoms with van der Waals surface area (Å²) in [5, 5.41) is 17.0. The molecule has 7 heteroatoms. The maximum absolute atomic E-state index is 10.8. The van der Waals surface area contributed by atoms with E-state index in [-0.39, 0.29) is 0 Å². The average molecular weight is 195 g/mol. The Labute approximate surface area is 71.5 Å². The normalized spacial score (nSPS) is 31.3. The number of nitrogens with two attached hydrogens (primary N) is 1. The average Bonchev–Trinajstić information content (AvgIpc) is 2.31. The molecular formula is C5H13N3O3S. The van der Waals surface area contributed by atoms with Crippen molar-refractivity contribution >= 4 is 10.2 Å². The SMILES string of the molecule is CN([C@H]1CNC[C@@H]1O)S(N)(=O)=O. The van der Waals surface area contributed by atoms with Gasteiger partial charge in [-0.3, -0.25) is 0 Å². The number of nitrogens with zero attached hydrogens (tertiary/aromatic N) is 1. The van der Waals surface area contributed by atoms with Gasteiger partial charge in [-0.1, -0.05) is 0 Å². The number of aliphatic hydroxyl groups excluding tert-OH is 1. The van der Waals surface area contributed by atoms with Crippen LogP contribution >= 0.6 is 0 Å². The van der Waals surface area contributed by atoms with E-state index in [9.17, 15) is 13.5 Å². The molecule has 0 aromatic heterocycles. The van der Waals surface area contributed by atoms with Crippen LogP contribution in [-0.2, 0) is 10.2 Å². The fourth-order valence-electron chi connectivity index (χ4n) is 1.21. The molecule has 72 valence electrons. The number of nitrogens with one attached hydrogen (secondary N) is 1. The molecule has 0 amide bonds. The highest BCUT2D eigenvalue weighted by Gasteiger charge is 2.33. The van der Waals surface area contributed by atoms with Gasteiger partial charge in [0.2, 0.25) is 0 Å². The third-order valence-electron chi connectivity index (χ3n) is 2.02. The van der Waals surface area contributed by atoms with E-state index < -0.39 is 22.4 Å². The third kappa shape index (κ3) is 1.93. The first-order chi connectivity index (χ1) is 5.43. The number of hydrogen-bond donors (Lipinski definition) is 3. The predicted octanol–water partition coefficient (Wildman–Crippen LogP) is -2.55. The molecule has 1 aliphatic rings. The van der Waals surface area contributed by atoms with Crippen molar-refractivity contribution in [2.75, 3.05) is 20.1 Å². The van der Waals surface area contributed by atoms with E-state index in [1.807, 2.05) is 0 Å². The second-order valence-corrected chi connectivity index (χ2v) is 4.46. The maximum Gasteiger partial charge on any atom is 0.277 e. The molecule has 1 saturated heterocycles. The predicted molar refractivity (Wildman–Crippen MR) is 43.5 cm³/mol.